The van der Waals surface area contributed by atoms with Gasteiger partial charge in [-0.3, -0.25) is 0 Å². The molecular weight excluding hydrogens is 376 g/mol. The third-order valence-electron chi connectivity index (χ3n) is 13.0. The van der Waals surface area contributed by atoms with E-state index in [1.165, 1.54) is 51.4 Å². The summed E-state index contributed by atoms with van der Waals surface area (Å²) >= 11 is 0. The maximum atomic E-state index is 11.9. The molecule has 4 saturated carbocycles. The van der Waals surface area contributed by atoms with Gasteiger partial charge in [-0.2, -0.15) is 0 Å². The molecule has 5 rings (SSSR count). The molecule has 0 aliphatic heterocycles. The molecule has 4 fully saturated rings. The SMILES string of the molecule is CC(C)C1CC=C2C3C(O)CC4C5(C)CCCC(C)(C)C5CCC4(C)C3(C)CCC21C. The highest BCUT2D eigenvalue weighted by atomic mass is 16.3. The number of fused-ring (bicyclic) bond motifs is 7. The molecular formula is C30H50O. The van der Waals surface area contributed by atoms with Crippen LogP contribution in [-0.2, 0) is 0 Å². The fraction of sp³-hybridized carbons (Fsp3) is 0.933. The van der Waals surface area contributed by atoms with Gasteiger partial charge in [-0.05, 0) is 102 Å². The second kappa shape index (κ2) is 6.64. The van der Waals surface area contributed by atoms with Gasteiger partial charge in [0.05, 0.1) is 6.10 Å². The largest absolute Gasteiger partial charge is 0.392 e. The van der Waals surface area contributed by atoms with Crippen LogP contribution in [0.25, 0.3) is 0 Å². The van der Waals surface area contributed by atoms with E-state index in [9.17, 15) is 5.11 Å². The molecule has 0 bridgehead atoms. The van der Waals surface area contributed by atoms with Crippen molar-refractivity contribution in [1.29, 1.82) is 0 Å². The normalized spacial score (nSPS) is 55.7. The van der Waals surface area contributed by atoms with Crippen molar-refractivity contribution in [3.8, 4) is 0 Å². The number of rotatable bonds is 1. The Balaban J connectivity index is 1.57. The lowest BCUT2D eigenvalue weighted by atomic mass is 9.32. The Morgan fingerprint density at radius 3 is 2.26 bits per heavy atom. The molecule has 0 amide bonds. The third-order valence-corrected chi connectivity index (χ3v) is 13.0. The predicted octanol–water partition coefficient (Wildman–Crippen LogP) is 8.02. The summed E-state index contributed by atoms with van der Waals surface area (Å²) < 4.78 is 0. The van der Waals surface area contributed by atoms with E-state index >= 15 is 0 Å². The van der Waals surface area contributed by atoms with Crippen molar-refractivity contribution < 1.29 is 5.11 Å². The van der Waals surface area contributed by atoms with Crippen LogP contribution in [-0.4, -0.2) is 11.2 Å². The zero-order valence-electron chi connectivity index (χ0n) is 21.9. The molecule has 9 unspecified atom stereocenters. The minimum Gasteiger partial charge on any atom is -0.392 e. The van der Waals surface area contributed by atoms with E-state index in [-0.39, 0.29) is 11.5 Å². The van der Waals surface area contributed by atoms with Crippen LogP contribution < -0.4 is 0 Å². The highest BCUT2D eigenvalue weighted by Gasteiger charge is 2.70. The van der Waals surface area contributed by atoms with Crippen LogP contribution in [0.4, 0.5) is 0 Å². The topological polar surface area (TPSA) is 20.2 Å². The van der Waals surface area contributed by atoms with Crippen molar-refractivity contribution in [2.45, 2.75) is 119 Å². The maximum absolute atomic E-state index is 11.9. The lowest BCUT2D eigenvalue weighted by Crippen LogP contribution is -2.67. The van der Waals surface area contributed by atoms with E-state index in [2.05, 4.69) is 61.5 Å². The second-order valence-electron chi connectivity index (χ2n) is 14.8. The second-order valence-corrected chi connectivity index (χ2v) is 14.8. The standard InChI is InChI=1S/C30H50O/c1-19(2)20-10-11-21-25-22(31)18-24-28(6)14-9-13-26(3,4)23(28)12-15-29(24,7)30(25,8)17-16-27(20,21)5/h11,19-20,22-25,31H,9-10,12-18H2,1-8H3. The molecule has 0 aromatic heterocycles. The number of allylic oxidation sites excluding steroid dienone is 1. The zero-order valence-corrected chi connectivity index (χ0v) is 21.9. The van der Waals surface area contributed by atoms with Gasteiger partial charge in [0.2, 0.25) is 0 Å². The third kappa shape index (κ3) is 2.65. The molecule has 1 heteroatoms. The van der Waals surface area contributed by atoms with Gasteiger partial charge < -0.3 is 5.11 Å². The molecule has 0 aromatic carbocycles. The van der Waals surface area contributed by atoms with Gasteiger partial charge in [-0.15, -0.1) is 0 Å². The lowest BCUT2D eigenvalue weighted by molar-refractivity contribution is -0.237. The molecule has 1 nitrogen and oxygen atoms in total. The molecule has 0 radical (unpaired) electrons. The summed E-state index contributed by atoms with van der Waals surface area (Å²) in [5.74, 6) is 3.36. The van der Waals surface area contributed by atoms with Crippen molar-refractivity contribution in [2.24, 2.45) is 56.7 Å². The van der Waals surface area contributed by atoms with Crippen LogP contribution in [0.15, 0.2) is 11.6 Å². The summed E-state index contributed by atoms with van der Waals surface area (Å²) in [4.78, 5) is 0. The average molecular weight is 427 g/mol. The van der Waals surface area contributed by atoms with Crippen LogP contribution in [0.2, 0.25) is 0 Å². The maximum Gasteiger partial charge on any atom is 0.0614 e. The van der Waals surface area contributed by atoms with E-state index in [4.69, 9.17) is 0 Å². The Morgan fingerprint density at radius 1 is 0.871 bits per heavy atom. The van der Waals surface area contributed by atoms with Gasteiger partial charge in [0.1, 0.15) is 0 Å². The van der Waals surface area contributed by atoms with Gasteiger partial charge in [0, 0.05) is 5.92 Å². The first kappa shape index (κ1) is 22.5. The van der Waals surface area contributed by atoms with Crippen LogP contribution in [0.5, 0.6) is 0 Å². The first-order valence-electron chi connectivity index (χ1n) is 13.7. The van der Waals surface area contributed by atoms with Crippen LogP contribution >= 0.6 is 0 Å². The van der Waals surface area contributed by atoms with Crippen molar-refractivity contribution in [3.05, 3.63) is 11.6 Å². The van der Waals surface area contributed by atoms with E-state index in [0.29, 0.717) is 33.5 Å². The van der Waals surface area contributed by atoms with Gasteiger partial charge in [0.15, 0.2) is 0 Å². The highest BCUT2D eigenvalue weighted by Crippen LogP contribution is 2.76. The minimum atomic E-state index is -0.152. The predicted molar refractivity (Wildman–Crippen MR) is 131 cm³/mol. The van der Waals surface area contributed by atoms with Crippen molar-refractivity contribution >= 4 is 0 Å². The summed E-state index contributed by atoms with van der Waals surface area (Å²) in [6.07, 6.45) is 14.3. The number of aliphatic hydroxyl groups is 1. The Hall–Kier alpha value is -0.300. The van der Waals surface area contributed by atoms with Gasteiger partial charge in [0.25, 0.3) is 0 Å². The molecule has 5 aliphatic carbocycles. The smallest absolute Gasteiger partial charge is 0.0614 e. The van der Waals surface area contributed by atoms with E-state index in [1.54, 1.807) is 5.57 Å². The van der Waals surface area contributed by atoms with Gasteiger partial charge >= 0.3 is 0 Å². The van der Waals surface area contributed by atoms with Crippen molar-refractivity contribution in [1.82, 2.24) is 0 Å². The Kier molecular flexibility index (Phi) is 4.82. The van der Waals surface area contributed by atoms with E-state index in [0.717, 1.165) is 24.2 Å². The molecule has 176 valence electrons. The zero-order chi connectivity index (χ0) is 22.6. The number of hydrogen-bond donors (Lipinski definition) is 1. The minimum absolute atomic E-state index is 0.152. The van der Waals surface area contributed by atoms with Crippen LogP contribution in [0.1, 0.15) is 113 Å². The summed E-state index contributed by atoms with van der Waals surface area (Å²) in [6, 6.07) is 0. The molecule has 0 spiro atoms. The monoisotopic (exact) mass is 426 g/mol. The van der Waals surface area contributed by atoms with Crippen molar-refractivity contribution in [2.75, 3.05) is 0 Å². The fourth-order valence-electron chi connectivity index (χ4n) is 11.3. The Bertz CT molecular complexity index is 777. The number of hydrogen-bond acceptors (Lipinski definition) is 1. The fourth-order valence-corrected chi connectivity index (χ4v) is 11.3. The molecule has 31 heavy (non-hydrogen) atoms. The molecule has 9 atom stereocenters. The quantitative estimate of drug-likeness (QED) is 0.421. The van der Waals surface area contributed by atoms with Gasteiger partial charge in [-0.25, -0.2) is 0 Å². The molecule has 0 aromatic rings. The summed E-state index contributed by atoms with van der Waals surface area (Å²) in [6.45, 7) is 20.4. The molecule has 0 heterocycles. The summed E-state index contributed by atoms with van der Waals surface area (Å²) in [5.41, 5.74) is 3.44. The van der Waals surface area contributed by atoms with Crippen LogP contribution in [0.3, 0.4) is 0 Å². The van der Waals surface area contributed by atoms with Crippen molar-refractivity contribution in [3.63, 3.8) is 0 Å². The Labute approximate surface area is 192 Å². The molecule has 5 aliphatic rings. The van der Waals surface area contributed by atoms with Gasteiger partial charge in [-0.1, -0.05) is 73.5 Å². The Morgan fingerprint density at radius 2 is 1.58 bits per heavy atom. The first-order chi connectivity index (χ1) is 14.3. The first-order valence-corrected chi connectivity index (χ1v) is 13.7. The number of aliphatic hydroxyl groups excluding tert-OH is 1. The van der Waals surface area contributed by atoms with E-state index in [1.807, 2.05) is 0 Å². The highest BCUT2D eigenvalue weighted by molar-refractivity contribution is 5.34. The van der Waals surface area contributed by atoms with E-state index < -0.39 is 0 Å². The molecule has 1 N–H and O–H groups in total. The average Bonchev–Trinajstić information content (AvgIpc) is 3.00. The summed E-state index contributed by atoms with van der Waals surface area (Å²) in [7, 11) is 0. The van der Waals surface area contributed by atoms with Crippen LogP contribution in [0, 0.1) is 56.7 Å². The lowest BCUT2D eigenvalue weighted by Gasteiger charge is -2.72. The summed E-state index contributed by atoms with van der Waals surface area (Å²) in [5, 5.41) is 11.9. The molecule has 0 saturated heterocycles.